The van der Waals surface area contributed by atoms with Gasteiger partial charge in [-0.25, -0.2) is 13.1 Å². The van der Waals surface area contributed by atoms with Crippen LogP contribution >= 0.6 is 11.6 Å². The first-order chi connectivity index (χ1) is 24.4. The topological polar surface area (TPSA) is 119 Å². The molecule has 0 unspecified atom stereocenters. The molecular weight excluding hydrogens is 688 g/mol. The van der Waals surface area contributed by atoms with E-state index in [0.29, 0.717) is 82.5 Å². The molecule has 1 saturated heterocycles. The summed E-state index contributed by atoms with van der Waals surface area (Å²) in [5.41, 5.74) is 2.26. The van der Waals surface area contributed by atoms with Gasteiger partial charge < -0.3 is 19.6 Å². The van der Waals surface area contributed by atoms with Crippen LogP contribution in [0, 0.1) is 17.8 Å². The van der Waals surface area contributed by atoms with Crippen molar-refractivity contribution in [3.63, 3.8) is 0 Å². The third-order valence-electron chi connectivity index (χ3n) is 12.0. The molecule has 0 aromatic heterocycles. The number of anilines is 1. The van der Waals surface area contributed by atoms with Crippen molar-refractivity contribution in [2.75, 3.05) is 50.7 Å². The second-order valence-electron chi connectivity index (χ2n) is 15.2. The Morgan fingerprint density at radius 3 is 2.55 bits per heavy atom. The van der Waals surface area contributed by atoms with Crippen LogP contribution in [-0.2, 0) is 27.8 Å². The van der Waals surface area contributed by atoms with Crippen LogP contribution in [-0.4, -0.2) is 91.8 Å². The fraction of sp³-hybridized carbons (Fsp3) is 0.590. The number of fused-ring (bicyclic) bond motifs is 3. The van der Waals surface area contributed by atoms with Gasteiger partial charge in [-0.15, -0.1) is 0 Å². The van der Waals surface area contributed by atoms with Crippen molar-refractivity contribution in [2.24, 2.45) is 17.8 Å². The molecule has 2 bridgehead atoms. The predicted molar refractivity (Wildman–Crippen MR) is 201 cm³/mol. The van der Waals surface area contributed by atoms with Crippen LogP contribution in [0.5, 0.6) is 5.75 Å². The molecule has 6 rings (SSSR count). The summed E-state index contributed by atoms with van der Waals surface area (Å²) >= 11 is 6.37. The van der Waals surface area contributed by atoms with E-state index in [-0.39, 0.29) is 29.2 Å². The van der Waals surface area contributed by atoms with Crippen LogP contribution in [0.15, 0.2) is 49.1 Å². The van der Waals surface area contributed by atoms with Gasteiger partial charge in [-0.05, 0) is 117 Å². The van der Waals surface area contributed by atoms with Gasteiger partial charge in [0.2, 0.25) is 15.9 Å². The zero-order valence-electron chi connectivity index (χ0n) is 30.0. The van der Waals surface area contributed by atoms with Gasteiger partial charge in [-0.1, -0.05) is 37.6 Å². The molecular formula is C39H53ClN4O6S. The van der Waals surface area contributed by atoms with E-state index >= 15 is 0 Å². The van der Waals surface area contributed by atoms with E-state index in [4.69, 9.17) is 16.3 Å². The molecule has 2 amide bonds. The molecule has 2 aromatic rings. The van der Waals surface area contributed by atoms with Crippen molar-refractivity contribution in [3.8, 4) is 5.75 Å². The van der Waals surface area contributed by atoms with Crippen LogP contribution in [0.3, 0.4) is 0 Å². The van der Waals surface area contributed by atoms with Crippen molar-refractivity contribution in [3.05, 3.63) is 70.8 Å². The number of hydrogen-bond acceptors (Lipinski definition) is 8. The number of aliphatic hydroxyl groups is 1. The van der Waals surface area contributed by atoms with Crippen LogP contribution in [0.4, 0.5) is 5.69 Å². The Balaban J connectivity index is 1.34. The minimum atomic E-state index is -3.98. The molecule has 0 radical (unpaired) electrons. The first-order valence-electron chi connectivity index (χ1n) is 18.6. The highest BCUT2D eigenvalue weighted by molar-refractivity contribution is 7.90. The highest BCUT2D eigenvalue weighted by Crippen LogP contribution is 2.46. The lowest BCUT2D eigenvalue weighted by molar-refractivity contribution is -0.130. The quantitative estimate of drug-likeness (QED) is 0.401. The molecule has 5 atom stereocenters. The molecule has 2 N–H and O–H groups in total. The lowest BCUT2D eigenvalue weighted by atomic mass is 9.62. The van der Waals surface area contributed by atoms with Crippen LogP contribution in [0.1, 0.15) is 80.3 Å². The standard InChI is InChI=1S/C39H53ClN4O6S/c1-4-37(45)43-20-18-42(19-21-43)26-39(47)16-7-8-27(2)28(3)51(48,49)41-38(46)30-12-15-36-35(23-30)44(24-31-11-14-34(31)39)17-6-5-9-29-22-33(40)13-10-32(29)25-50-36/h4,10,12-13,15,22-23,27-28,31,34,47H,1,5-9,11,14,16-21,24-26H2,2-3H3,(H,41,46)/t27-,28+,31-,34+,39-/m0/s1. The Labute approximate surface area is 308 Å². The lowest BCUT2D eigenvalue weighted by Crippen LogP contribution is -2.59. The zero-order chi connectivity index (χ0) is 36.3. The van der Waals surface area contributed by atoms with Crippen molar-refractivity contribution in [1.82, 2.24) is 14.5 Å². The van der Waals surface area contributed by atoms with Gasteiger partial charge >= 0.3 is 0 Å². The van der Waals surface area contributed by atoms with Crippen molar-refractivity contribution in [1.29, 1.82) is 0 Å². The maximum Gasteiger partial charge on any atom is 0.264 e. The molecule has 0 spiro atoms. The minimum Gasteiger partial charge on any atom is -0.487 e. The molecule has 4 aliphatic rings. The van der Waals surface area contributed by atoms with Gasteiger partial charge in [-0.2, -0.15) is 0 Å². The molecule has 3 aliphatic heterocycles. The SMILES string of the molecule is C=CC(=O)N1CCN(C[C@@]2(O)CCC[C@H](C)[C@@H](C)S(=O)(=O)NC(=O)c3ccc4c(c3)N(CCCCc3cc(Cl)ccc3CO4)C[C@@H]3CC[C@H]32)CC1. The van der Waals surface area contributed by atoms with E-state index in [2.05, 4.69) is 21.1 Å². The van der Waals surface area contributed by atoms with Gasteiger partial charge in [-0.3, -0.25) is 14.5 Å². The summed E-state index contributed by atoms with van der Waals surface area (Å²) in [7, 11) is -3.98. The predicted octanol–water partition coefficient (Wildman–Crippen LogP) is 5.42. The minimum absolute atomic E-state index is 0.0511. The second kappa shape index (κ2) is 15.9. The average molecular weight is 741 g/mol. The number of nitrogens with zero attached hydrogens (tertiary/aromatic N) is 3. The molecule has 3 heterocycles. The Bertz CT molecular complexity index is 1710. The summed E-state index contributed by atoms with van der Waals surface area (Å²) in [6.45, 7) is 12.0. The molecule has 10 nitrogen and oxygen atoms in total. The first-order valence-corrected chi connectivity index (χ1v) is 20.5. The average Bonchev–Trinajstić information content (AvgIpc) is 3.12. The number of aryl methyl sites for hydroxylation is 1. The Hall–Kier alpha value is -3.12. The molecule has 1 saturated carbocycles. The van der Waals surface area contributed by atoms with Crippen molar-refractivity contribution in [2.45, 2.75) is 82.7 Å². The van der Waals surface area contributed by atoms with Gasteiger partial charge in [0.25, 0.3) is 5.91 Å². The van der Waals surface area contributed by atoms with E-state index in [1.165, 1.54) is 6.08 Å². The number of β-amino-alcohol motifs (C(OH)–C–C–N with tert-alkyl or cyclic N) is 1. The smallest absolute Gasteiger partial charge is 0.264 e. The summed E-state index contributed by atoms with van der Waals surface area (Å²) in [5, 5.41) is 12.6. The molecule has 2 fully saturated rings. The number of sulfonamides is 1. The second-order valence-corrected chi connectivity index (χ2v) is 17.7. The summed E-state index contributed by atoms with van der Waals surface area (Å²) in [5.74, 6) is -0.0543. The molecule has 278 valence electrons. The number of ether oxygens (including phenoxy) is 1. The maximum atomic E-state index is 13.5. The molecule has 1 aliphatic carbocycles. The number of piperazine rings is 1. The van der Waals surface area contributed by atoms with Gasteiger partial charge in [0.05, 0.1) is 16.5 Å². The third kappa shape index (κ3) is 8.58. The van der Waals surface area contributed by atoms with Crippen LogP contribution < -0.4 is 14.4 Å². The number of amides is 2. The van der Waals surface area contributed by atoms with Crippen molar-refractivity contribution >= 4 is 39.1 Å². The fourth-order valence-electron chi connectivity index (χ4n) is 8.43. The first kappa shape index (κ1) is 37.6. The third-order valence-corrected chi connectivity index (χ3v) is 14.1. The summed E-state index contributed by atoms with van der Waals surface area (Å²) in [6, 6.07) is 11.1. The summed E-state index contributed by atoms with van der Waals surface area (Å²) in [4.78, 5) is 32.2. The highest BCUT2D eigenvalue weighted by Gasteiger charge is 2.48. The number of nitrogens with one attached hydrogen (secondary N) is 1. The number of halogens is 1. The zero-order valence-corrected chi connectivity index (χ0v) is 31.6. The monoisotopic (exact) mass is 740 g/mol. The number of rotatable bonds is 3. The Morgan fingerprint density at radius 2 is 1.82 bits per heavy atom. The highest BCUT2D eigenvalue weighted by atomic mass is 35.5. The van der Waals surface area contributed by atoms with Gasteiger partial charge in [0, 0.05) is 56.4 Å². The molecule has 2 aromatic carbocycles. The summed E-state index contributed by atoms with van der Waals surface area (Å²) in [6.07, 6.45) is 7.75. The summed E-state index contributed by atoms with van der Waals surface area (Å²) < 4.78 is 35.8. The van der Waals surface area contributed by atoms with E-state index in [1.54, 1.807) is 30.0 Å². The fourth-order valence-corrected chi connectivity index (χ4v) is 9.94. The molecule has 12 heteroatoms. The normalized spacial score (nSPS) is 29.2. The maximum absolute atomic E-state index is 13.5. The van der Waals surface area contributed by atoms with E-state index in [1.807, 2.05) is 25.1 Å². The largest absolute Gasteiger partial charge is 0.487 e. The van der Waals surface area contributed by atoms with E-state index in [0.717, 1.165) is 48.9 Å². The number of benzene rings is 2. The van der Waals surface area contributed by atoms with E-state index in [9.17, 15) is 23.1 Å². The Morgan fingerprint density at radius 1 is 1.04 bits per heavy atom. The van der Waals surface area contributed by atoms with Gasteiger partial charge in [0.1, 0.15) is 12.4 Å². The van der Waals surface area contributed by atoms with Crippen molar-refractivity contribution < 1.29 is 27.9 Å². The molecule has 51 heavy (non-hydrogen) atoms. The van der Waals surface area contributed by atoms with Gasteiger partial charge in [0.15, 0.2) is 0 Å². The van der Waals surface area contributed by atoms with Crippen LogP contribution in [0.25, 0.3) is 0 Å². The number of carbonyl (C=O) groups excluding carboxylic acids is 2. The van der Waals surface area contributed by atoms with E-state index < -0.39 is 26.8 Å². The van der Waals surface area contributed by atoms with Crippen LogP contribution in [0.2, 0.25) is 5.02 Å². The lowest BCUT2D eigenvalue weighted by Gasteiger charge is -2.51. The Kier molecular flexibility index (Phi) is 11.7. The number of carbonyl (C=O) groups is 2. The number of hydrogen-bond donors (Lipinski definition) is 2.